The molecule has 7 atom stereocenters. The van der Waals surface area contributed by atoms with Gasteiger partial charge in [0.15, 0.2) is 0 Å². The van der Waals surface area contributed by atoms with E-state index in [4.69, 9.17) is 4.74 Å². The van der Waals surface area contributed by atoms with Crippen molar-refractivity contribution in [3.05, 3.63) is 35.5 Å². The highest BCUT2D eigenvalue weighted by atomic mass is 16.5. The van der Waals surface area contributed by atoms with E-state index in [1.165, 1.54) is 22.0 Å². The van der Waals surface area contributed by atoms with Crippen molar-refractivity contribution in [3.8, 4) is 0 Å². The van der Waals surface area contributed by atoms with Gasteiger partial charge in [0, 0.05) is 47.6 Å². The monoisotopic (exact) mass is 436 g/mol. The highest BCUT2D eigenvalue weighted by Gasteiger charge is 2.47. The molecule has 5 heteroatoms. The largest absolute Gasteiger partial charge is 0.462 e. The van der Waals surface area contributed by atoms with E-state index in [1.807, 2.05) is 0 Å². The molecule has 1 aromatic carbocycles. The standard InChI is InChI=1S/C27H36N2O3/c1-15(2)29-14-17-11-24-22(20-5-4-6-23(29)26(17)20)10-18(13-28(24)3)27(31)32-25-8-7-16-9-19(30)12-21(16)25/h4-6,14-16,18-19,21-22,24-25,30H,7-13H2,1-3H3. The molecule has 3 aliphatic carbocycles. The van der Waals surface area contributed by atoms with E-state index >= 15 is 0 Å². The number of aromatic nitrogens is 1. The van der Waals surface area contributed by atoms with Gasteiger partial charge < -0.3 is 19.3 Å². The molecule has 7 unspecified atom stereocenters. The number of fused-ring (bicyclic) bond motifs is 3. The molecule has 3 fully saturated rings. The number of hydrogen-bond acceptors (Lipinski definition) is 4. The molecule has 2 aromatic rings. The van der Waals surface area contributed by atoms with Crippen LogP contribution in [0.15, 0.2) is 24.4 Å². The van der Waals surface area contributed by atoms with Crippen molar-refractivity contribution < 1.29 is 14.6 Å². The minimum atomic E-state index is -0.205. The summed E-state index contributed by atoms with van der Waals surface area (Å²) in [6.45, 7) is 5.27. The van der Waals surface area contributed by atoms with Gasteiger partial charge in [-0.1, -0.05) is 12.1 Å². The van der Waals surface area contributed by atoms with Crippen LogP contribution in [0.4, 0.5) is 0 Å². The number of aliphatic hydroxyl groups excluding tert-OH is 1. The van der Waals surface area contributed by atoms with Crippen molar-refractivity contribution >= 4 is 16.9 Å². The van der Waals surface area contributed by atoms with Crippen LogP contribution in [-0.4, -0.2) is 52.4 Å². The number of likely N-dealkylation sites (N-methyl/N-ethyl adjacent to an activating group) is 1. The summed E-state index contributed by atoms with van der Waals surface area (Å²) in [4.78, 5) is 15.7. The van der Waals surface area contributed by atoms with Gasteiger partial charge in [0.25, 0.3) is 0 Å². The lowest BCUT2D eigenvalue weighted by Crippen LogP contribution is -2.50. The van der Waals surface area contributed by atoms with E-state index in [9.17, 15) is 9.90 Å². The van der Waals surface area contributed by atoms with Gasteiger partial charge in [-0.05, 0) is 82.5 Å². The van der Waals surface area contributed by atoms with Crippen molar-refractivity contribution in [2.24, 2.45) is 17.8 Å². The van der Waals surface area contributed by atoms with Crippen LogP contribution in [0.25, 0.3) is 10.9 Å². The van der Waals surface area contributed by atoms with E-state index in [-0.39, 0.29) is 24.1 Å². The van der Waals surface area contributed by atoms with Crippen molar-refractivity contribution in [3.63, 3.8) is 0 Å². The van der Waals surface area contributed by atoms with Crippen molar-refractivity contribution in [2.75, 3.05) is 13.6 Å². The third-order valence-electron chi connectivity index (χ3n) is 9.06. The summed E-state index contributed by atoms with van der Waals surface area (Å²) < 4.78 is 8.55. The number of carbonyl (C=O) groups is 1. The van der Waals surface area contributed by atoms with Crippen LogP contribution in [0.5, 0.6) is 0 Å². The molecule has 172 valence electrons. The average Bonchev–Trinajstić information content (AvgIpc) is 3.43. The van der Waals surface area contributed by atoms with Gasteiger partial charge >= 0.3 is 5.97 Å². The summed E-state index contributed by atoms with van der Waals surface area (Å²) >= 11 is 0. The van der Waals surface area contributed by atoms with Gasteiger partial charge in [0.2, 0.25) is 0 Å². The van der Waals surface area contributed by atoms with Crippen LogP contribution in [0.1, 0.15) is 69.0 Å². The number of ether oxygens (including phenoxy) is 1. The van der Waals surface area contributed by atoms with Crippen LogP contribution >= 0.6 is 0 Å². The number of piperidine rings is 1. The Morgan fingerprint density at radius 3 is 2.84 bits per heavy atom. The number of nitrogens with zero attached hydrogens (tertiary/aromatic N) is 2. The first-order valence-electron chi connectivity index (χ1n) is 12.6. The summed E-state index contributed by atoms with van der Waals surface area (Å²) in [5, 5.41) is 11.5. The molecule has 1 saturated heterocycles. The fourth-order valence-electron chi connectivity index (χ4n) is 7.57. The normalized spacial score (nSPS) is 36.5. The number of esters is 1. The predicted octanol–water partition coefficient (Wildman–Crippen LogP) is 4.27. The highest BCUT2D eigenvalue weighted by Crippen LogP contribution is 2.48. The molecule has 1 aromatic heterocycles. The fourth-order valence-corrected chi connectivity index (χ4v) is 7.57. The number of benzene rings is 1. The molecule has 1 N–H and O–H groups in total. The Kier molecular flexibility index (Phi) is 4.92. The molecule has 2 saturated carbocycles. The Hall–Kier alpha value is -1.85. The molecule has 0 radical (unpaired) electrons. The van der Waals surface area contributed by atoms with E-state index in [2.05, 4.69) is 54.8 Å². The molecule has 0 spiro atoms. The Labute approximate surface area is 190 Å². The zero-order valence-electron chi connectivity index (χ0n) is 19.5. The van der Waals surface area contributed by atoms with Crippen LogP contribution in [0.2, 0.25) is 0 Å². The first-order chi connectivity index (χ1) is 15.4. The summed E-state index contributed by atoms with van der Waals surface area (Å²) in [5.41, 5.74) is 4.20. The number of hydrogen-bond donors (Lipinski definition) is 1. The van der Waals surface area contributed by atoms with E-state index < -0.39 is 0 Å². The maximum absolute atomic E-state index is 13.3. The molecule has 0 amide bonds. The zero-order chi connectivity index (χ0) is 22.1. The molecule has 2 heterocycles. The second-order valence-corrected chi connectivity index (χ2v) is 11.2. The lowest BCUT2D eigenvalue weighted by Gasteiger charge is -2.45. The van der Waals surface area contributed by atoms with Gasteiger partial charge in [-0.25, -0.2) is 0 Å². The smallest absolute Gasteiger partial charge is 0.310 e. The van der Waals surface area contributed by atoms with Gasteiger partial charge in [-0.15, -0.1) is 0 Å². The third kappa shape index (κ3) is 3.15. The van der Waals surface area contributed by atoms with Gasteiger partial charge in [-0.2, -0.15) is 0 Å². The molecule has 32 heavy (non-hydrogen) atoms. The van der Waals surface area contributed by atoms with Crippen LogP contribution in [0, 0.1) is 17.8 Å². The fraction of sp³-hybridized carbons (Fsp3) is 0.667. The molecular formula is C27H36N2O3. The highest BCUT2D eigenvalue weighted by molar-refractivity contribution is 5.89. The number of likely N-dealkylation sites (tertiary alicyclic amines) is 1. The van der Waals surface area contributed by atoms with Crippen molar-refractivity contribution in [1.29, 1.82) is 0 Å². The Balaban J connectivity index is 1.25. The lowest BCUT2D eigenvalue weighted by atomic mass is 9.72. The first-order valence-corrected chi connectivity index (χ1v) is 12.6. The minimum absolute atomic E-state index is 0.00847. The van der Waals surface area contributed by atoms with E-state index in [0.717, 1.165) is 45.1 Å². The SMILES string of the molecule is CC(C)n1cc2c3c(cccc31)C1CC(C(=O)OC3CCC4CC(O)CC43)CN(C)C1C2. The second-order valence-electron chi connectivity index (χ2n) is 11.2. The summed E-state index contributed by atoms with van der Waals surface area (Å²) in [7, 11) is 2.18. The summed E-state index contributed by atoms with van der Waals surface area (Å²) in [6, 6.07) is 7.60. The van der Waals surface area contributed by atoms with Crippen LogP contribution in [-0.2, 0) is 16.0 Å². The van der Waals surface area contributed by atoms with Gasteiger partial charge in [-0.3, -0.25) is 4.79 Å². The van der Waals surface area contributed by atoms with Crippen LogP contribution < -0.4 is 0 Å². The Morgan fingerprint density at radius 2 is 2.03 bits per heavy atom. The van der Waals surface area contributed by atoms with E-state index in [1.54, 1.807) is 0 Å². The minimum Gasteiger partial charge on any atom is -0.462 e. The second kappa shape index (κ2) is 7.59. The third-order valence-corrected chi connectivity index (χ3v) is 9.06. The van der Waals surface area contributed by atoms with Crippen molar-refractivity contribution in [1.82, 2.24) is 9.47 Å². The predicted molar refractivity (Wildman–Crippen MR) is 125 cm³/mol. The number of rotatable bonds is 3. The molecule has 4 aliphatic rings. The maximum atomic E-state index is 13.3. The number of carbonyl (C=O) groups excluding carboxylic acids is 1. The Morgan fingerprint density at radius 1 is 1.19 bits per heavy atom. The molecule has 0 bridgehead atoms. The summed E-state index contributed by atoms with van der Waals surface area (Å²) in [5.74, 6) is 1.19. The van der Waals surface area contributed by atoms with Crippen molar-refractivity contribution in [2.45, 2.75) is 82.6 Å². The first kappa shape index (κ1) is 20.7. The van der Waals surface area contributed by atoms with Gasteiger partial charge in [0.05, 0.1) is 12.0 Å². The molecule has 6 rings (SSSR count). The van der Waals surface area contributed by atoms with Gasteiger partial charge in [0.1, 0.15) is 6.10 Å². The average molecular weight is 437 g/mol. The Bertz CT molecular complexity index is 1040. The lowest BCUT2D eigenvalue weighted by molar-refractivity contribution is -0.159. The maximum Gasteiger partial charge on any atom is 0.310 e. The van der Waals surface area contributed by atoms with E-state index in [0.29, 0.717) is 29.8 Å². The number of aliphatic hydroxyl groups is 1. The zero-order valence-corrected chi connectivity index (χ0v) is 19.5. The quantitative estimate of drug-likeness (QED) is 0.730. The van der Waals surface area contributed by atoms with Crippen LogP contribution in [0.3, 0.4) is 0 Å². The topological polar surface area (TPSA) is 54.7 Å². The molecule has 1 aliphatic heterocycles. The molecular weight excluding hydrogens is 400 g/mol. The molecule has 5 nitrogen and oxygen atoms in total. The summed E-state index contributed by atoms with van der Waals surface area (Å²) in [6.07, 6.45) is 7.84.